The third-order valence-electron chi connectivity index (χ3n) is 6.25. The molecule has 0 saturated carbocycles. The fraction of sp³-hybridized carbons (Fsp3) is 0.259. The van der Waals surface area contributed by atoms with E-state index in [1.54, 1.807) is 11.3 Å². The van der Waals surface area contributed by atoms with Gasteiger partial charge >= 0.3 is 0 Å². The summed E-state index contributed by atoms with van der Waals surface area (Å²) in [6.45, 7) is 5.56. The van der Waals surface area contributed by atoms with Crippen LogP contribution in [0.3, 0.4) is 0 Å². The Labute approximate surface area is 218 Å². The van der Waals surface area contributed by atoms with E-state index in [9.17, 15) is 9.59 Å². The standard InChI is InChI=1S/C27H27N5O2S2/c1-19-10-12-21(13-11-19)26(34)31-15-14-30(17-20(31)2)24(33)18-36-27-29-28-25(23-9-6-16-35-23)32(27)22-7-4-3-5-8-22/h3-13,16,20H,14-15,17-18H2,1-2H3. The number of aryl methyl sites for hydroxylation is 1. The fourth-order valence-corrected chi connectivity index (χ4v) is 5.86. The van der Waals surface area contributed by atoms with Crippen molar-refractivity contribution in [2.75, 3.05) is 25.4 Å². The summed E-state index contributed by atoms with van der Waals surface area (Å²) in [6.07, 6.45) is 0. The van der Waals surface area contributed by atoms with E-state index in [1.807, 2.05) is 100 Å². The normalized spacial score (nSPS) is 15.8. The van der Waals surface area contributed by atoms with E-state index in [2.05, 4.69) is 10.2 Å². The lowest BCUT2D eigenvalue weighted by atomic mass is 10.1. The number of carbonyl (C=O) groups is 2. The Hall–Kier alpha value is -3.43. The van der Waals surface area contributed by atoms with Gasteiger partial charge in [-0.2, -0.15) is 0 Å². The van der Waals surface area contributed by atoms with Crippen LogP contribution in [0.5, 0.6) is 0 Å². The number of thiophene rings is 1. The van der Waals surface area contributed by atoms with Crippen molar-refractivity contribution in [2.24, 2.45) is 0 Å². The van der Waals surface area contributed by atoms with E-state index in [1.165, 1.54) is 11.8 Å². The van der Waals surface area contributed by atoms with E-state index in [4.69, 9.17) is 0 Å². The number of nitrogens with zero attached hydrogens (tertiary/aromatic N) is 5. The SMILES string of the molecule is Cc1ccc(C(=O)N2CCN(C(=O)CSc3nnc(-c4cccs4)n3-c3ccccc3)CC2C)cc1. The molecule has 1 unspecified atom stereocenters. The van der Waals surface area contributed by atoms with Crippen LogP contribution in [-0.4, -0.2) is 67.8 Å². The van der Waals surface area contributed by atoms with Gasteiger partial charge in [-0.05, 0) is 49.6 Å². The monoisotopic (exact) mass is 517 g/mol. The van der Waals surface area contributed by atoms with Gasteiger partial charge in [0.1, 0.15) is 0 Å². The van der Waals surface area contributed by atoms with Gasteiger partial charge in [0.25, 0.3) is 5.91 Å². The molecule has 36 heavy (non-hydrogen) atoms. The molecule has 1 atom stereocenters. The zero-order valence-corrected chi connectivity index (χ0v) is 21.8. The first-order valence-corrected chi connectivity index (χ1v) is 13.7. The molecule has 1 aliphatic rings. The molecular weight excluding hydrogens is 490 g/mol. The molecule has 0 spiro atoms. The van der Waals surface area contributed by atoms with Crippen LogP contribution in [0.4, 0.5) is 0 Å². The van der Waals surface area contributed by atoms with E-state index >= 15 is 0 Å². The average molecular weight is 518 g/mol. The number of carbonyl (C=O) groups excluding carboxylic acids is 2. The van der Waals surface area contributed by atoms with Crippen molar-refractivity contribution in [1.82, 2.24) is 24.6 Å². The van der Waals surface area contributed by atoms with E-state index < -0.39 is 0 Å². The van der Waals surface area contributed by atoms with Gasteiger partial charge < -0.3 is 9.80 Å². The van der Waals surface area contributed by atoms with E-state index in [0.717, 1.165) is 22.0 Å². The zero-order chi connectivity index (χ0) is 25.1. The van der Waals surface area contributed by atoms with Crippen molar-refractivity contribution in [2.45, 2.75) is 25.0 Å². The van der Waals surface area contributed by atoms with Gasteiger partial charge in [-0.25, -0.2) is 0 Å². The van der Waals surface area contributed by atoms with Crippen LogP contribution >= 0.6 is 23.1 Å². The van der Waals surface area contributed by atoms with Crippen LogP contribution in [0.25, 0.3) is 16.4 Å². The zero-order valence-electron chi connectivity index (χ0n) is 20.2. The predicted octanol–water partition coefficient (Wildman–Crippen LogP) is 4.77. The van der Waals surface area contributed by atoms with Crippen molar-refractivity contribution < 1.29 is 9.59 Å². The number of aromatic nitrogens is 3. The van der Waals surface area contributed by atoms with Crippen molar-refractivity contribution in [3.63, 3.8) is 0 Å². The second-order valence-electron chi connectivity index (χ2n) is 8.80. The molecule has 1 fully saturated rings. The minimum Gasteiger partial charge on any atom is -0.338 e. The lowest BCUT2D eigenvalue weighted by molar-refractivity contribution is -0.130. The Morgan fingerprint density at radius 1 is 1.00 bits per heavy atom. The quantitative estimate of drug-likeness (QED) is 0.345. The Morgan fingerprint density at radius 2 is 1.78 bits per heavy atom. The fourth-order valence-electron chi connectivity index (χ4n) is 4.30. The van der Waals surface area contributed by atoms with E-state index in [-0.39, 0.29) is 23.6 Å². The number of thioether (sulfide) groups is 1. The first-order valence-electron chi connectivity index (χ1n) is 11.8. The predicted molar refractivity (Wildman–Crippen MR) is 144 cm³/mol. The Morgan fingerprint density at radius 3 is 2.47 bits per heavy atom. The van der Waals surface area contributed by atoms with Crippen LogP contribution < -0.4 is 0 Å². The summed E-state index contributed by atoms with van der Waals surface area (Å²) in [5.41, 5.74) is 2.76. The highest BCUT2D eigenvalue weighted by molar-refractivity contribution is 7.99. The van der Waals surface area contributed by atoms with Crippen LogP contribution in [0.1, 0.15) is 22.8 Å². The number of hydrogen-bond acceptors (Lipinski definition) is 6. The highest BCUT2D eigenvalue weighted by Crippen LogP contribution is 2.30. The van der Waals surface area contributed by atoms with Gasteiger partial charge in [-0.1, -0.05) is 53.7 Å². The van der Waals surface area contributed by atoms with Crippen LogP contribution in [0.2, 0.25) is 0 Å². The number of para-hydroxylation sites is 1. The Balaban J connectivity index is 1.25. The van der Waals surface area contributed by atoms with Gasteiger partial charge in [0.05, 0.1) is 10.6 Å². The molecule has 0 N–H and O–H groups in total. The third-order valence-corrected chi connectivity index (χ3v) is 8.03. The largest absolute Gasteiger partial charge is 0.338 e. The smallest absolute Gasteiger partial charge is 0.254 e. The molecule has 1 aliphatic heterocycles. The number of rotatable bonds is 6. The number of benzene rings is 2. The molecule has 0 aliphatic carbocycles. The van der Waals surface area contributed by atoms with Gasteiger partial charge in [0, 0.05) is 36.9 Å². The summed E-state index contributed by atoms with van der Waals surface area (Å²) in [7, 11) is 0. The molecule has 184 valence electrons. The molecule has 1 saturated heterocycles. The summed E-state index contributed by atoms with van der Waals surface area (Å²) in [5.74, 6) is 1.08. The first-order chi connectivity index (χ1) is 17.5. The lowest BCUT2D eigenvalue weighted by Crippen LogP contribution is -2.55. The van der Waals surface area contributed by atoms with Gasteiger partial charge in [-0.3, -0.25) is 14.2 Å². The highest BCUT2D eigenvalue weighted by atomic mass is 32.2. The molecule has 5 rings (SSSR count). The van der Waals surface area contributed by atoms with E-state index in [0.29, 0.717) is 30.4 Å². The summed E-state index contributed by atoms with van der Waals surface area (Å²) in [6, 6.07) is 21.5. The maximum atomic E-state index is 13.1. The Kier molecular flexibility index (Phi) is 7.20. The number of hydrogen-bond donors (Lipinski definition) is 0. The van der Waals surface area contributed by atoms with Crippen LogP contribution in [-0.2, 0) is 4.79 Å². The molecule has 4 aromatic rings. The van der Waals surface area contributed by atoms with Crippen LogP contribution in [0.15, 0.2) is 77.3 Å². The summed E-state index contributed by atoms with van der Waals surface area (Å²) >= 11 is 3.00. The molecule has 9 heteroatoms. The van der Waals surface area contributed by atoms with Gasteiger partial charge in [0.15, 0.2) is 11.0 Å². The Bertz CT molecular complexity index is 1340. The second-order valence-corrected chi connectivity index (χ2v) is 10.7. The van der Waals surface area contributed by atoms with Crippen molar-refractivity contribution >= 4 is 34.9 Å². The molecule has 2 amide bonds. The maximum absolute atomic E-state index is 13.1. The minimum absolute atomic E-state index is 0.0149. The first kappa shape index (κ1) is 24.3. The molecule has 0 radical (unpaired) electrons. The lowest BCUT2D eigenvalue weighted by Gasteiger charge is -2.40. The van der Waals surface area contributed by atoms with Crippen molar-refractivity contribution in [3.8, 4) is 16.4 Å². The third kappa shape index (κ3) is 5.08. The van der Waals surface area contributed by atoms with Gasteiger partial charge in [-0.15, -0.1) is 21.5 Å². The van der Waals surface area contributed by atoms with Crippen molar-refractivity contribution in [3.05, 3.63) is 83.2 Å². The minimum atomic E-state index is -0.0556. The van der Waals surface area contributed by atoms with Gasteiger partial charge in [0.2, 0.25) is 5.91 Å². The number of piperazine rings is 1. The maximum Gasteiger partial charge on any atom is 0.254 e. The summed E-state index contributed by atoms with van der Waals surface area (Å²) in [4.78, 5) is 30.8. The average Bonchev–Trinajstić information content (AvgIpc) is 3.58. The molecule has 0 bridgehead atoms. The number of amides is 2. The summed E-state index contributed by atoms with van der Waals surface area (Å²) in [5, 5.41) is 11.5. The molecule has 7 nitrogen and oxygen atoms in total. The molecular formula is C27H27N5O2S2. The molecule has 3 heterocycles. The molecule has 2 aromatic carbocycles. The summed E-state index contributed by atoms with van der Waals surface area (Å²) < 4.78 is 2.00. The topological polar surface area (TPSA) is 71.3 Å². The molecule has 2 aromatic heterocycles. The highest BCUT2D eigenvalue weighted by Gasteiger charge is 2.30. The van der Waals surface area contributed by atoms with Crippen LogP contribution in [0, 0.1) is 6.92 Å². The second kappa shape index (κ2) is 10.7. The van der Waals surface area contributed by atoms with Crippen molar-refractivity contribution in [1.29, 1.82) is 0 Å².